The molecule has 1 aromatic carbocycles. The second-order valence-electron chi connectivity index (χ2n) is 3.48. The minimum absolute atomic E-state index is 0.131. The summed E-state index contributed by atoms with van der Waals surface area (Å²) in [4.78, 5) is 5.65. The van der Waals surface area contributed by atoms with E-state index in [1.165, 1.54) is 0 Å². The molecule has 0 unspecified atom stereocenters. The molecular formula is C12H12ClNOS. The molecule has 0 atom stereocenters. The van der Waals surface area contributed by atoms with Gasteiger partial charge in [-0.3, -0.25) is 0 Å². The quantitative estimate of drug-likeness (QED) is 0.911. The number of aliphatic hydroxyl groups excluding tert-OH is 1. The molecule has 16 heavy (non-hydrogen) atoms. The van der Waals surface area contributed by atoms with Gasteiger partial charge in [-0.25, -0.2) is 4.98 Å². The Morgan fingerprint density at radius 2 is 2.12 bits per heavy atom. The fourth-order valence-corrected chi connectivity index (χ4v) is 2.80. The largest absolute Gasteiger partial charge is 0.396 e. The van der Waals surface area contributed by atoms with Crippen molar-refractivity contribution in [2.75, 3.05) is 6.61 Å². The first-order valence-electron chi connectivity index (χ1n) is 5.04. The van der Waals surface area contributed by atoms with E-state index in [-0.39, 0.29) is 6.61 Å². The maximum Gasteiger partial charge on any atom is 0.125 e. The zero-order valence-electron chi connectivity index (χ0n) is 8.90. The van der Waals surface area contributed by atoms with Crippen LogP contribution in [-0.2, 0) is 6.42 Å². The average Bonchev–Trinajstić information content (AvgIpc) is 2.61. The van der Waals surface area contributed by atoms with Crippen molar-refractivity contribution in [3.8, 4) is 10.6 Å². The van der Waals surface area contributed by atoms with E-state index in [1.807, 2.05) is 31.2 Å². The number of aliphatic hydroxyl groups is 1. The summed E-state index contributed by atoms with van der Waals surface area (Å²) in [6.45, 7) is 2.15. The summed E-state index contributed by atoms with van der Waals surface area (Å²) in [6.07, 6.45) is 0.604. The number of aryl methyl sites for hydroxylation is 1. The molecule has 0 amide bonds. The highest BCUT2D eigenvalue weighted by Crippen LogP contribution is 2.32. The SMILES string of the molecule is Cc1sc(-c2ccccc2Cl)nc1CCO. The first kappa shape index (κ1) is 11.6. The predicted molar refractivity (Wildman–Crippen MR) is 68.1 cm³/mol. The summed E-state index contributed by atoms with van der Waals surface area (Å²) >= 11 is 7.73. The van der Waals surface area contributed by atoms with Crippen molar-refractivity contribution >= 4 is 22.9 Å². The smallest absolute Gasteiger partial charge is 0.125 e. The van der Waals surface area contributed by atoms with Gasteiger partial charge in [0, 0.05) is 23.5 Å². The van der Waals surface area contributed by atoms with Crippen LogP contribution in [0.5, 0.6) is 0 Å². The molecule has 2 nitrogen and oxygen atoms in total. The summed E-state index contributed by atoms with van der Waals surface area (Å²) in [5.41, 5.74) is 1.92. The molecular weight excluding hydrogens is 242 g/mol. The fourth-order valence-electron chi connectivity index (χ4n) is 1.52. The minimum atomic E-state index is 0.131. The van der Waals surface area contributed by atoms with Gasteiger partial charge in [0.05, 0.1) is 10.7 Å². The lowest BCUT2D eigenvalue weighted by Gasteiger charge is -1.98. The van der Waals surface area contributed by atoms with Crippen molar-refractivity contribution in [2.24, 2.45) is 0 Å². The van der Waals surface area contributed by atoms with Gasteiger partial charge in [-0.05, 0) is 13.0 Å². The van der Waals surface area contributed by atoms with E-state index < -0.39 is 0 Å². The standard InChI is InChI=1S/C12H12ClNOS/c1-8-11(6-7-15)14-12(16-8)9-4-2-3-5-10(9)13/h2-5,15H,6-7H2,1H3. The van der Waals surface area contributed by atoms with E-state index in [0.29, 0.717) is 11.4 Å². The highest BCUT2D eigenvalue weighted by atomic mass is 35.5. The summed E-state index contributed by atoms with van der Waals surface area (Å²) in [5.74, 6) is 0. The third-order valence-corrected chi connectivity index (χ3v) is 3.72. The number of halogens is 1. The molecule has 1 N–H and O–H groups in total. The van der Waals surface area contributed by atoms with Crippen LogP contribution in [0.3, 0.4) is 0 Å². The van der Waals surface area contributed by atoms with Crippen molar-refractivity contribution < 1.29 is 5.11 Å². The van der Waals surface area contributed by atoms with Gasteiger partial charge in [0.15, 0.2) is 0 Å². The normalized spacial score (nSPS) is 10.7. The van der Waals surface area contributed by atoms with Crippen LogP contribution in [0.1, 0.15) is 10.6 Å². The minimum Gasteiger partial charge on any atom is -0.396 e. The van der Waals surface area contributed by atoms with Crippen LogP contribution in [-0.4, -0.2) is 16.7 Å². The van der Waals surface area contributed by atoms with E-state index in [0.717, 1.165) is 21.1 Å². The van der Waals surface area contributed by atoms with Crippen molar-refractivity contribution in [3.05, 3.63) is 39.9 Å². The number of nitrogens with zero attached hydrogens (tertiary/aromatic N) is 1. The Labute approximate surface area is 104 Å². The third kappa shape index (κ3) is 2.26. The molecule has 1 aromatic heterocycles. The molecule has 0 saturated heterocycles. The zero-order chi connectivity index (χ0) is 11.5. The maximum atomic E-state index is 8.92. The summed E-state index contributed by atoms with van der Waals surface area (Å²) < 4.78 is 0. The predicted octanol–water partition coefficient (Wildman–Crippen LogP) is 3.31. The second kappa shape index (κ2) is 4.95. The molecule has 0 aliphatic heterocycles. The second-order valence-corrected chi connectivity index (χ2v) is 5.09. The number of thiazole rings is 1. The molecule has 4 heteroatoms. The van der Waals surface area contributed by atoms with Gasteiger partial charge < -0.3 is 5.11 Å². The average molecular weight is 254 g/mol. The van der Waals surface area contributed by atoms with Gasteiger partial charge >= 0.3 is 0 Å². The Hall–Kier alpha value is -0.900. The van der Waals surface area contributed by atoms with Gasteiger partial charge in [0.1, 0.15) is 5.01 Å². The third-order valence-electron chi connectivity index (χ3n) is 2.35. The van der Waals surface area contributed by atoms with Crippen LogP contribution in [0.2, 0.25) is 5.02 Å². The van der Waals surface area contributed by atoms with Crippen molar-refractivity contribution in [2.45, 2.75) is 13.3 Å². The summed E-state index contributed by atoms with van der Waals surface area (Å²) in [6, 6.07) is 7.67. The van der Waals surface area contributed by atoms with E-state index in [2.05, 4.69) is 4.98 Å². The van der Waals surface area contributed by atoms with Gasteiger partial charge in [-0.15, -0.1) is 11.3 Å². The maximum absolute atomic E-state index is 8.92. The molecule has 0 saturated carbocycles. The number of aromatic nitrogens is 1. The van der Waals surface area contributed by atoms with Gasteiger partial charge in [0.2, 0.25) is 0 Å². The number of hydrogen-bond donors (Lipinski definition) is 1. The van der Waals surface area contributed by atoms with Crippen molar-refractivity contribution in [1.82, 2.24) is 4.98 Å². The molecule has 2 aromatic rings. The van der Waals surface area contributed by atoms with Crippen LogP contribution in [0.15, 0.2) is 24.3 Å². The first-order valence-corrected chi connectivity index (χ1v) is 6.24. The van der Waals surface area contributed by atoms with Gasteiger partial charge in [-0.1, -0.05) is 29.8 Å². The Morgan fingerprint density at radius 3 is 2.81 bits per heavy atom. The Morgan fingerprint density at radius 1 is 1.38 bits per heavy atom. The Kier molecular flexibility index (Phi) is 3.59. The molecule has 84 valence electrons. The van der Waals surface area contributed by atoms with Gasteiger partial charge in [-0.2, -0.15) is 0 Å². The molecule has 1 heterocycles. The molecule has 0 aliphatic rings. The summed E-state index contributed by atoms with van der Waals surface area (Å²) in [7, 11) is 0. The Balaban J connectivity index is 2.42. The van der Waals surface area contributed by atoms with Crippen molar-refractivity contribution in [1.29, 1.82) is 0 Å². The number of benzene rings is 1. The van der Waals surface area contributed by atoms with Gasteiger partial charge in [0.25, 0.3) is 0 Å². The van der Waals surface area contributed by atoms with E-state index in [9.17, 15) is 0 Å². The van der Waals surface area contributed by atoms with Crippen LogP contribution < -0.4 is 0 Å². The van der Waals surface area contributed by atoms with E-state index in [1.54, 1.807) is 11.3 Å². The summed E-state index contributed by atoms with van der Waals surface area (Å²) in [5, 5.41) is 10.6. The molecule has 2 rings (SSSR count). The van der Waals surface area contributed by atoms with Crippen LogP contribution >= 0.6 is 22.9 Å². The van der Waals surface area contributed by atoms with Crippen molar-refractivity contribution in [3.63, 3.8) is 0 Å². The number of hydrogen-bond acceptors (Lipinski definition) is 3. The molecule has 0 bridgehead atoms. The molecule has 0 spiro atoms. The molecule has 0 aliphatic carbocycles. The lowest BCUT2D eigenvalue weighted by atomic mass is 10.2. The monoisotopic (exact) mass is 253 g/mol. The van der Waals surface area contributed by atoms with Crippen LogP contribution in [0.25, 0.3) is 10.6 Å². The molecule has 0 fully saturated rings. The highest BCUT2D eigenvalue weighted by Gasteiger charge is 2.10. The lowest BCUT2D eigenvalue weighted by Crippen LogP contribution is -1.92. The number of rotatable bonds is 3. The van der Waals surface area contributed by atoms with Crippen LogP contribution in [0, 0.1) is 6.92 Å². The van der Waals surface area contributed by atoms with E-state index >= 15 is 0 Å². The fraction of sp³-hybridized carbons (Fsp3) is 0.250. The van der Waals surface area contributed by atoms with Crippen LogP contribution in [0.4, 0.5) is 0 Å². The van der Waals surface area contributed by atoms with E-state index in [4.69, 9.17) is 16.7 Å². The lowest BCUT2D eigenvalue weighted by molar-refractivity contribution is 0.298. The topological polar surface area (TPSA) is 33.1 Å². The Bertz CT molecular complexity index is 496. The first-order chi connectivity index (χ1) is 7.72. The highest BCUT2D eigenvalue weighted by molar-refractivity contribution is 7.15. The molecule has 0 radical (unpaired) electrons. The zero-order valence-corrected chi connectivity index (χ0v) is 10.5.